The van der Waals surface area contributed by atoms with Crippen LogP contribution in [0.3, 0.4) is 0 Å². The Morgan fingerprint density at radius 2 is 1.19 bits per heavy atom. The van der Waals surface area contributed by atoms with E-state index in [0.717, 1.165) is 50.4 Å². The summed E-state index contributed by atoms with van der Waals surface area (Å²) in [4.78, 5) is 52.6. The number of halogens is 7. The Balaban J connectivity index is 0.000000147. The van der Waals surface area contributed by atoms with Crippen LogP contribution >= 0.6 is 11.6 Å². The Morgan fingerprint density at radius 3 is 1.70 bits per heavy atom. The molecule has 4 fully saturated rings. The third-order valence-electron chi connectivity index (χ3n) is 12.1. The second-order valence-corrected chi connectivity index (χ2v) is 16.6. The maximum Gasteiger partial charge on any atom is 0.393 e. The van der Waals surface area contributed by atoms with E-state index in [-0.39, 0.29) is 50.1 Å². The smallest absolute Gasteiger partial charge is 0.366 e. The molecule has 63 heavy (non-hydrogen) atoms. The average Bonchev–Trinajstić information content (AvgIpc) is 3.90. The van der Waals surface area contributed by atoms with E-state index < -0.39 is 24.2 Å². The molecule has 0 saturated carbocycles. The number of carbonyl (C=O) groups is 2. The van der Waals surface area contributed by atoms with Crippen molar-refractivity contribution in [1.29, 1.82) is 0 Å². The van der Waals surface area contributed by atoms with E-state index in [9.17, 15) is 35.9 Å². The van der Waals surface area contributed by atoms with Gasteiger partial charge < -0.3 is 20.0 Å². The van der Waals surface area contributed by atoms with Crippen molar-refractivity contribution in [3.63, 3.8) is 0 Å². The van der Waals surface area contributed by atoms with Gasteiger partial charge in [-0.15, -0.1) is 0 Å². The molecule has 336 valence electrons. The first-order chi connectivity index (χ1) is 30.2. The van der Waals surface area contributed by atoms with Gasteiger partial charge in [0.15, 0.2) is 11.6 Å². The van der Waals surface area contributed by atoms with Gasteiger partial charge in [-0.25, -0.2) is 29.5 Å². The Morgan fingerprint density at radius 1 is 0.635 bits per heavy atom. The van der Waals surface area contributed by atoms with Crippen molar-refractivity contribution in [2.45, 2.75) is 63.0 Å². The first-order valence-corrected chi connectivity index (χ1v) is 21.4. The van der Waals surface area contributed by atoms with Gasteiger partial charge in [-0.2, -0.15) is 26.3 Å². The van der Waals surface area contributed by atoms with Crippen molar-refractivity contribution in [2.24, 2.45) is 11.8 Å². The zero-order valence-electron chi connectivity index (χ0n) is 34.1. The van der Waals surface area contributed by atoms with Gasteiger partial charge in [-0.05, 0) is 93.6 Å². The second-order valence-electron chi connectivity index (χ2n) is 16.2. The second kappa shape index (κ2) is 18.6. The maximum atomic E-state index is 13.3. The summed E-state index contributed by atoms with van der Waals surface area (Å²) in [6.07, 6.45) is -1.71. The summed E-state index contributed by atoms with van der Waals surface area (Å²) in [5, 5.41) is 8.75. The fraction of sp³-hybridized carbons (Fsp3) is 0.476. The van der Waals surface area contributed by atoms with Crippen LogP contribution in [-0.2, 0) is 0 Å². The number of fused-ring (bicyclic) bond motifs is 8. The van der Waals surface area contributed by atoms with E-state index >= 15 is 0 Å². The number of pyridine rings is 4. The van der Waals surface area contributed by atoms with Crippen LogP contribution in [0.25, 0.3) is 0 Å². The Kier molecular flexibility index (Phi) is 13.0. The van der Waals surface area contributed by atoms with Crippen LogP contribution in [0, 0.1) is 11.8 Å². The number of anilines is 7. The van der Waals surface area contributed by atoms with Gasteiger partial charge in [0.1, 0.15) is 22.6 Å². The van der Waals surface area contributed by atoms with Crippen LogP contribution in [0.4, 0.5) is 76.4 Å². The standard InChI is InChI=1S/C21H23F3N6O.C15H14ClN5O.C6H10F3N/c22-21(23,24)14-4-3-10-29(12-14)18-7-6-16-19(27-18)30(15-8-11-28(16)13-15)20(31)26-17-5-1-2-9-25-17;16-12-5-4-11-14(18-12)21(10-6-8-20(11)9-10)15(22)19-13-3-1-2-7-17-13;7-6(8,9)5-2-1-3-10-4-5/h1-2,5-7,9,14-15H,3-4,8,10-13H2,(H,25,26,31);1-5,7,10H,6,8-9H2,(H,17,19,22);5,10H,1-4H2/t14-,15+;10-;5-/m101/s1. The number of hydrogen-bond donors (Lipinski definition) is 3. The Hall–Kier alpha value is -5.63. The summed E-state index contributed by atoms with van der Waals surface area (Å²) in [7, 11) is 0. The predicted octanol–water partition coefficient (Wildman–Crippen LogP) is 8.20. The summed E-state index contributed by atoms with van der Waals surface area (Å²) in [5.41, 5.74) is 1.78. The number of alkyl halides is 6. The molecule has 4 aromatic rings. The maximum absolute atomic E-state index is 13.3. The molecule has 6 aliphatic rings. The summed E-state index contributed by atoms with van der Waals surface area (Å²) in [6.45, 7) is 4.51. The molecule has 6 aliphatic heterocycles. The van der Waals surface area contributed by atoms with Crippen LogP contribution in [0.15, 0.2) is 73.1 Å². The Labute approximate surface area is 365 Å². The summed E-state index contributed by atoms with van der Waals surface area (Å²) in [6, 6.07) is 17.5. The normalized spacial score (nSPS) is 22.5. The molecule has 4 atom stereocenters. The number of piperidine rings is 2. The highest BCUT2D eigenvalue weighted by Gasteiger charge is 2.44. The van der Waals surface area contributed by atoms with E-state index in [1.54, 1.807) is 63.5 Å². The molecule has 21 heteroatoms. The first kappa shape index (κ1) is 44.0. The minimum Gasteiger partial charge on any atom is -0.366 e. The highest BCUT2D eigenvalue weighted by atomic mass is 35.5. The largest absolute Gasteiger partial charge is 0.393 e. The molecule has 0 aliphatic carbocycles. The molecule has 4 bridgehead atoms. The topological polar surface area (TPSA) is 138 Å². The van der Waals surface area contributed by atoms with Crippen molar-refractivity contribution in [1.82, 2.24) is 25.3 Å². The molecule has 4 saturated heterocycles. The summed E-state index contributed by atoms with van der Waals surface area (Å²) < 4.78 is 75.5. The van der Waals surface area contributed by atoms with Gasteiger partial charge in [0.2, 0.25) is 0 Å². The highest BCUT2D eigenvalue weighted by Crippen LogP contribution is 2.42. The van der Waals surface area contributed by atoms with Gasteiger partial charge in [0, 0.05) is 58.2 Å². The Bertz CT molecular complexity index is 2220. The lowest BCUT2D eigenvalue weighted by atomic mass is 9.97. The molecule has 4 amide bonds. The fourth-order valence-corrected chi connectivity index (χ4v) is 9.03. The van der Waals surface area contributed by atoms with E-state index in [1.807, 2.05) is 24.3 Å². The highest BCUT2D eigenvalue weighted by molar-refractivity contribution is 6.29. The number of urea groups is 2. The molecule has 14 nitrogen and oxygen atoms in total. The number of hydrogen-bond acceptors (Lipinski definition) is 10. The molecule has 0 unspecified atom stereocenters. The first-order valence-electron chi connectivity index (χ1n) is 21.0. The lowest BCUT2D eigenvalue weighted by Gasteiger charge is -2.38. The van der Waals surface area contributed by atoms with Crippen molar-refractivity contribution in [2.75, 3.05) is 87.5 Å². The number of carbonyl (C=O) groups excluding carboxylic acids is 2. The van der Waals surface area contributed by atoms with Gasteiger partial charge in [0.25, 0.3) is 0 Å². The molecular formula is C42H47ClF6N12O2. The zero-order valence-corrected chi connectivity index (χ0v) is 34.9. The molecular weight excluding hydrogens is 854 g/mol. The third-order valence-corrected chi connectivity index (χ3v) is 12.3. The number of aromatic nitrogens is 4. The molecule has 3 N–H and O–H groups in total. The number of amides is 4. The monoisotopic (exact) mass is 900 g/mol. The van der Waals surface area contributed by atoms with E-state index in [1.165, 1.54) is 0 Å². The van der Waals surface area contributed by atoms with Crippen molar-refractivity contribution in [3.8, 4) is 0 Å². The molecule has 0 radical (unpaired) electrons. The van der Waals surface area contributed by atoms with Crippen LogP contribution in [0.5, 0.6) is 0 Å². The molecule has 0 aromatic carbocycles. The fourth-order valence-electron chi connectivity index (χ4n) is 8.88. The van der Waals surface area contributed by atoms with E-state index in [2.05, 4.69) is 40.7 Å². The minimum atomic E-state index is -4.22. The van der Waals surface area contributed by atoms with Crippen molar-refractivity contribution in [3.05, 3.63) is 78.2 Å². The molecule has 0 spiro atoms. The number of nitrogens with zero attached hydrogens (tertiary/aromatic N) is 9. The minimum absolute atomic E-state index is 0.0387. The van der Waals surface area contributed by atoms with Crippen molar-refractivity contribution >= 4 is 64.1 Å². The van der Waals surface area contributed by atoms with E-state index in [4.69, 9.17) is 16.6 Å². The summed E-state index contributed by atoms with van der Waals surface area (Å²) >= 11 is 6.02. The lowest BCUT2D eigenvalue weighted by molar-refractivity contribution is -0.178. The van der Waals surface area contributed by atoms with Crippen LogP contribution < -0.4 is 40.4 Å². The predicted molar refractivity (Wildman–Crippen MR) is 229 cm³/mol. The van der Waals surface area contributed by atoms with Crippen LogP contribution in [0.1, 0.15) is 38.5 Å². The molecule has 4 aromatic heterocycles. The summed E-state index contributed by atoms with van der Waals surface area (Å²) in [5.74, 6) is 0.0873. The van der Waals surface area contributed by atoms with Crippen LogP contribution in [-0.4, -0.2) is 109 Å². The quantitative estimate of drug-likeness (QED) is 0.136. The van der Waals surface area contributed by atoms with Crippen molar-refractivity contribution < 1.29 is 35.9 Å². The lowest BCUT2D eigenvalue weighted by Crippen LogP contribution is -2.48. The number of rotatable bonds is 3. The van der Waals surface area contributed by atoms with E-state index in [0.29, 0.717) is 60.2 Å². The average molecular weight is 901 g/mol. The zero-order chi connectivity index (χ0) is 44.3. The van der Waals surface area contributed by atoms with Gasteiger partial charge in [-0.3, -0.25) is 20.4 Å². The molecule has 10 rings (SSSR count). The van der Waals surface area contributed by atoms with Gasteiger partial charge in [0.05, 0.1) is 35.3 Å². The van der Waals surface area contributed by atoms with Crippen LogP contribution in [0.2, 0.25) is 5.15 Å². The van der Waals surface area contributed by atoms with Gasteiger partial charge in [-0.1, -0.05) is 23.7 Å². The van der Waals surface area contributed by atoms with Gasteiger partial charge >= 0.3 is 24.4 Å². The SMILES string of the molecule is FC(F)(F)[C@@H]1CCCNC1.O=C(Nc1ccccn1)N1c2nc(Cl)ccc2N2CC[C@H]1C2.O=C(Nc1ccccn1)N1c2nc(N3CCC[C@@H](C(F)(F)F)C3)ccc2N2CC[C@H]1C2. The third kappa shape index (κ3) is 10.1. The molecule has 10 heterocycles. The number of nitrogens with one attached hydrogen (secondary N) is 3.